The molecule has 4 nitrogen and oxygen atoms in total. The summed E-state index contributed by atoms with van der Waals surface area (Å²) >= 11 is 8.02. The Labute approximate surface area is 180 Å². The van der Waals surface area contributed by atoms with Crippen LogP contribution in [0, 0.1) is 5.82 Å². The van der Waals surface area contributed by atoms with E-state index in [2.05, 4.69) is 0 Å². The molecule has 2 aromatic carbocycles. The van der Waals surface area contributed by atoms with Crippen molar-refractivity contribution >= 4 is 45.5 Å². The van der Waals surface area contributed by atoms with E-state index in [1.54, 1.807) is 11.0 Å². The summed E-state index contributed by atoms with van der Waals surface area (Å²) in [6, 6.07) is 10.7. The lowest BCUT2D eigenvalue weighted by atomic mass is 9.99. The zero-order valence-corrected chi connectivity index (χ0v) is 19.0. The molecule has 0 fully saturated rings. The summed E-state index contributed by atoms with van der Waals surface area (Å²) in [6.07, 6.45) is 1.97. The second kappa shape index (κ2) is 8.59. The highest BCUT2D eigenvalue weighted by Gasteiger charge is 2.24. The first-order chi connectivity index (χ1) is 13.7. The number of anilines is 1. The van der Waals surface area contributed by atoms with Gasteiger partial charge >= 0.3 is 0 Å². The van der Waals surface area contributed by atoms with Gasteiger partial charge in [-0.25, -0.2) is 14.4 Å². The summed E-state index contributed by atoms with van der Waals surface area (Å²) in [5.41, 5.74) is 4.83. The average Bonchev–Trinajstić information content (AvgIpc) is 2.83. The second-order valence-corrected chi connectivity index (χ2v) is 8.31. The molecule has 0 saturated heterocycles. The number of allylic oxidation sites excluding steroid dienone is 1. The van der Waals surface area contributed by atoms with Crippen molar-refractivity contribution in [2.75, 3.05) is 39.3 Å². The smallest absolute Gasteiger partial charge is 0.147 e. The van der Waals surface area contributed by atoms with E-state index in [0.717, 1.165) is 22.0 Å². The predicted octanol–water partition coefficient (Wildman–Crippen LogP) is 5.58. The zero-order chi connectivity index (χ0) is 21.3. The van der Waals surface area contributed by atoms with Gasteiger partial charge in [-0.2, -0.15) is 0 Å². The average molecular weight is 431 g/mol. The van der Waals surface area contributed by atoms with E-state index in [9.17, 15) is 4.39 Å². The van der Waals surface area contributed by atoms with Crippen molar-refractivity contribution in [2.45, 2.75) is 6.92 Å². The molecule has 0 saturated carbocycles. The van der Waals surface area contributed by atoms with Crippen molar-refractivity contribution < 1.29 is 4.39 Å². The number of nitrogens with zero attached hydrogens (tertiary/aromatic N) is 4. The molecule has 0 radical (unpaired) electrons. The van der Waals surface area contributed by atoms with Gasteiger partial charge in [0.25, 0.3) is 0 Å². The van der Waals surface area contributed by atoms with Crippen LogP contribution in [0.15, 0.2) is 57.8 Å². The Morgan fingerprint density at radius 3 is 2.31 bits per heavy atom. The summed E-state index contributed by atoms with van der Waals surface area (Å²) in [4.78, 5) is 13.6. The second-order valence-electron chi connectivity index (χ2n) is 7.10. The minimum absolute atomic E-state index is 0.328. The van der Waals surface area contributed by atoms with Gasteiger partial charge in [0.2, 0.25) is 0 Å². The number of benzene rings is 2. The van der Waals surface area contributed by atoms with E-state index >= 15 is 0 Å². The van der Waals surface area contributed by atoms with E-state index in [1.807, 2.05) is 70.5 Å². The molecule has 0 unspecified atom stereocenters. The Bertz CT molecular complexity index is 1040. The normalized spacial score (nSPS) is 15.2. The van der Waals surface area contributed by atoms with E-state index in [0.29, 0.717) is 27.7 Å². The Morgan fingerprint density at radius 2 is 1.72 bits per heavy atom. The van der Waals surface area contributed by atoms with E-state index in [4.69, 9.17) is 21.6 Å². The number of hydrogen-bond acceptors (Lipinski definition) is 5. The predicted molar refractivity (Wildman–Crippen MR) is 125 cm³/mol. The zero-order valence-electron chi connectivity index (χ0n) is 17.4. The fourth-order valence-corrected chi connectivity index (χ4v) is 3.81. The molecule has 0 spiro atoms. The molecule has 0 aromatic heterocycles. The quantitative estimate of drug-likeness (QED) is 0.636. The third-order valence-electron chi connectivity index (χ3n) is 4.79. The van der Waals surface area contributed by atoms with Gasteiger partial charge in [0.05, 0.1) is 17.1 Å². The molecule has 1 aliphatic heterocycles. The fourth-order valence-electron chi connectivity index (χ4n) is 3.01. The number of hydrogen-bond donors (Lipinski definition) is 0. The van der Waals surface area contributed by atoms with Gasteiger partial charge in [0.1, 0.15) is 16.6 Å². The van der Waals surface area contributed by atoms with Gasteiger partial charge in [0, 0.05) is 50.0 Å². The molecule has 7 heteroatoms. The van der Waals surface area contributed by atoms with Crippen LogP contribution in [0.25, 0.3) is 0 Å². The Morgan fingerprint density at radius 1 is 1.03 bits per heavy atom. The standard InChI is InChI=1S/C22H24ClFN4S/c1-13(27(2)3)20-22(29-6)25-18-12-19(28(4)5)17(24)11-15(18)21(26-20)14-9-7-8-10-16(14)23/h7-12H,1-6H3/b20-13-. The summed E-state index contributed by atoms with van der Waals surface area (Å²) in [6.45, 7) is 2.00. The van der Waals surface area contributed by atoms with Crippen molar-refractivity contribution in [1.82, 2.24) is 4.90 Å². The molecule has 0 bridgehead atoms. The Balaban J connectivity index is 2.42. The molecule has 0 N–H and O–H groups in total. The van der Waals surface area contributed by atoms with Crippen LogP contribution >= 0.6 is 23.4 Å². The third-order valence-corrected chi connectivity index (χ3v) is 5.79. The lowest BCUT2D eigenvalue weighted by Gasteiger charge is -2.17. The SMILES string of the molecule is CSC1=Nc2cc(N(C)C)c(F)cc2C(c2ccccc2Cl)=N/C1=C(/C)N(C)C. The van der Waals surface area contributed by atoms with Crippen LogP contribution in [-0.2, 0) is 0 Å². The molecule has 2 aromatic rings. The molecule has 1 heterocycles. The van der Waals surface area contributed by atoms with E-state index < -0.39 is 0 Å². The van der Waals surface area contributed by atoms with Crippen molar-refractivity contribution in [2.24, 2.45) is 9.98 Å². The summed E-state index contributed by atoms with van der Waals surface area (Å²) in [7, 11) is 7.55. The largest absolute Gasteiger partial charge is 0.379 e. The minimum atomic E-state index is -0.328. The van der Waals surface area contributed by atoms with Crippen LogP contribution in [0.3, 0.4) is 0 Å². The highest BCUT2D eigenvalue weighted by atomic mass is 35.5. The van der Waals surface area contributed by atoms with Gasteiger partial charge < -0.3 is 9.80 Å². The van der Waals surface area contributed by atoms with Gasteiger partial charge in [-0.3, -0.25) is 0 Å². The summed E-state index contributed by atoms with van der Waals surface area (Å²) in [5.74, 6) is -0.328. The highest BCUT2D eigenvalue weighted by Crippen LogP contribution is 2.36. The van der Waals surface area contributed by atoms with Crippen LogP contribution < -0.4 is 4.90 Å². The van der Waals surface area contributed by atoms with Crippen LogP contribution in [0.4, 0.5) is 15.8 Å². The number of halogens is 2. The van der Waals surface area contributed by atoms with Crippen LogP contribution in [0.2, 0.25) is 5.02 Å². The fraction of sp³-hybridized carbons (Fsp3) is 0.273. The molecule has 0 atom stereocenters. The van der Waals surface area contributed by atoms with Crippen molar-refractivity contribution in [3.63, 3.8) is 0 Å². The number of aliphatic imine (C=N–C) groups is 2. The first-order valence-corrected chi connectivity index (χ1v) is 10.7. The molecular weight excluding hydrogens is 407 g/mol. The van der Waals surface area contributed by atoms with Gasteiger partial charge in [0.15, 0.2) is 0 Å². The van der Waals surface area contributed by atoms with Crippen molar-refractivity contribution in [1.29, 1.82) is 0 Å². The van der Waals surface area contributed by atoms with Crippen LogP contribution in [0.1, 0.15) is 18.1 Å². The van der Waals surface area contributed by atoms with Gasteiger partial charge in [-0.15, -0.1) is 11.8 Å². The molecule has 152 valence electrons. The van der Waals surface area contributed by atoms with E-state index in [1.165, 1.54) is 17.8 Å². The van der Waals surface area contributed by atoms with Crippen LogP contribution in [0.5, 0.6) is 0 Å². The minimum Gasteiger partial charge on any atom is -0.379 e. The summed E-state index contributed by atoms with van der Waals surface area (Å²) in [5, 5.41) is 1.33. The van der Waals surface area contributed by atoms with E-state index in [-0.39, 0.29) is 5.82 Å². The summed E-state index contributed by atoms with van der Waals surface area (Å²) < 4.78 is 14.9. The first kappa shape index (κ1) is 21.4. The van der Waals surface area contributed by atoms with Gasteiger partial charge in [-0.05, 0) is 31.4 Å². The molecule has 1 aliphatic rings. The van der Waals surface area contributed by atoms with Crippen LogP contribution in [-0.4, -0.2) is 50.1 Å². The maximum Gasteiger partial charge on any atom is 0.147 e. The van der Waals surface area contributed by atoms with Gasteiger partial charge in [-0.1, -0.05) is 29.8 Å². The molecule has 0 aliphatic carbocycles. The third kappa shape index (κ3) is 4.19. The van der Waals surface area contributed by atoms with Crippen molar-refractivity contribution in [3.05, 3.63) is 69.8 Å². The lowest BCUT2D eigenvalue weighted by Crippen LogP contribution is -2.14. The molecule has 29 heavy (non-hydrogen) atoms. The molecule has 0 amide bonds. The Kier molecular flexibility index (Phi) is 6.34. The molecule has 3 rings (SSSR count). The maximum absolute atomic E-state index is 14.9. The van der Waals surface area contributed by atoms with Crippen molar-refractivity contribution in [3.8, 4) is 0 Å². The number of fused-ring (bicyclic) bond motifs is 1. The molecular formula is C22H24ClFN4S. The first-order valence-electron chi connectivity index (χ1n) is 9.10. The number of thioether (sulfide) groups is 1. The number of rotatable bonds is 3. The maximum atomic E-state index is 14.9. The monoisotopic (exact) mass is 430 g/mol. The topological polar surface area (TPSA) is 31.2 Å². The highest BCUT2D eigenvalue weighted by molar-refractivity contribution is 8.13. The lowest BCUT2D eigenvalue weighted by molar-refractivity contribution is 0.509. The Hall–Kier alpha value is -2.31.